The van der Waals surface area contributed by atoms with E-state index in [-0.39, 0.29) is 5.91 Å². The van der Waals surface area contributed by atoms with E-state index in [0.29, 0.717) is 31.0 Å². The van der Waals surface area contributed by atoms with Crippen LogP contribution in [-0.2, 0) is 17.8 Å². The minimum atomic E-state index is -0.132. The lowest BCUT2D eigenvalue weighted by Gasteiger charge is -2.07. The van der Waals surface area contributed by atoms with Crippen LogP contribution in [0, 0.1) is 0 Å². The van der Waals surface area contributed by atoms with Gasteiger partial charge in [0, 0.05) is 30.9 Å². The first kappa shape index (κ1) is 19.5. The molecule has 0 aliphatic heterocycles. The monoisotopic (exact) mass is 398 g/mol. The Balaban J connectivity index is 1.63. The number of carbonyl (C=O) groups is 1. The van der Waals surface area contributed by atoms with Gasteiger partial charge in [-0.15, -0.1) is 0 Å². The van der Waals surface area contributed by atoms with Crippen molar-refractivity contribution in [3.63, 3.8) is 0 Å². The summed E-state index contributed by atoms with van der Waals surface area (Å²) in [6.07, 6.45) is 4.39. The van der Waals surface area contributed by atoms with Gasteiger partial charge in [0.05, 0.1) is 5.56 Å². The number of benzene rings is 2. The molecule has 2 aromatic carbocycles. The molecule has 30 heavy (non-hydrogen) atoms. The first-order valence-electron chi connectivity index (χ1n) is 9.78. The van der Waals surface area contributed by atoms with Gasteiger partial charge in [0.1, 0.15) is 5.69 Å². The molecule has 0 fully saturated rings. The molecule has 4 rings (SSSR count). The SMILES string of the molecule is NCc1cccc(-c2noc(NC(=O)CCc3ccccc3)c2-c2ccncc2)c1. The minimum absolute atomic E-state index is 0.132. The summed E-state index contributed by atoms with van der Waals surface area (Å²) in [5, 5.41) is 7.14. The third-order valence-electron chi connectivity index (χ3n) is 4.83. The molecule has 0 spiro atoms. The van der Waals surface area contributed by atoms with Crippen LogP contribution in [-0.4, -0.2) is 16.0 Å². The highest BCUT2D eigenvalue weighted by Gasteiger charge is 2.21. The van der Waals surface area contributed by atoms with Crippen molar-refractivity contribution in [3.8, 4) is 22.4 Å². The van der Waals surface area contributed by atoms with Crippen molar-refractivity contribution in [2.75, 3.05) is 5.32 Å². The Kier molecular flexibility index (Phi) is 5.96. The van der Waals surface area contributed by atoms with Crippen LogP contribution in [0.3, 0.4) is 0 Å². The molecule has 0 bridgehead atoms. The topological polar surface area (TPSA) is 94.0 Å². The third kappa shape index (κ3) is 4.45. The van der Waals surface area contributed by atoms with Crippen LogP contribution in [0.25, 0.3) is 22.4 Å². The van der Waals surface area contributed by atoms with Crippen molar-refractivity contribution in [2.45, 2.75) is 19.4 Å². The quantitative estimate of drug-likeness (QED) is 0.480. The van der Waals surface area contributed by atoms with E-state index in [1.165, 1.54) is 0 Å². The number of anilines is 1. The lowest BCUT2D eigenvalue weighted by Crippen LogP contribution is -2.12. The van der Waals surface area contributed by atoms with E-state index in [1.54, 1.807) is 12.4 Å². The third-order valence-corrected chi connectivity index (χ3v) is 4.83. The lowest BCUT2D eigenvalue weighted by atomic mass is 10.00. The summed E-state index contributed by atoms with van der Waals surface area (Å²) in [6, 6.07) is 21.4. The second-order valence-electron chi connectivity index (χ2n) is 6.91. The van der Waals surface area contributed by atoms with E-state index in [9.17, 15) is 4.79 Å². The van der Waals surface area contributed by atoms with Gasteiger partial charge in [-0.1, -0.05) is 53.7 Å². The molecule has 6 nitrogen and oxygen atoms in total. The average Bonchev–Trinajstić information content (AvgIpc) is 3.22. The largest absolute Gasteiger partial charge is 0.337 e. The number of amides is 1. The zero-order chi connectivity index (χ0) is 20.8. The van der Waals surface area contributed by atoms with Gasteiger partial charge in [-0.3, -0.25) is 15.1 Å². The Bertz CT molecular complexity index is 1120. The Morgan fingerprint density at radius 1 is 0.933 bits per heavy atom. The number of pyridine rings is 1. The normalized spacial score (nSPS) is 10.7. The Morgan fingerprint density at radius 3 is 2.47 bits per heavy atom. The van der Waals surface area contributed by atoms with E-state index in [1.807, 2.05) is 66.7 Å². The molecule has 6 heteroatoms. The van der Waals surface area contributed by atoms with E-state index in [2.05, 4.69) is 15.5 Å². The number of nitrogens with one attached hydrogen (secondary N) is 1. The van der Waals surface area contributed by atoms with Crippen LogP contribution in [0.15, 0.2) is 83.6 Å². The van der Waals surface area contributed by atoms with Crippen LogP contribution in [0.2, 0.25) is 0 Å². The fourth-order valence-electron chi connectivity index (χ4n) is 3.30. The maximum Gasteiger partial charge on any atom is 0.239 e. The summed E-state index contributed by atoms with van der Waals surface area (Å²) in [5.41, 5.74) is 11.0. The van der Waals surface area contributed by atoms with E-state index < -0.39 is 0 Å². The van der Waals surface area contributed by atoms with Gasteiger partial charge in [-0.05, 0) is 41.3 Å². The summed E-state index contributed by atoms with van der Waals surface area (Å²) < 4.78 is 5.57. The van der Waals surface area contributed by atoms with E-state index >= 15 is 0 Å². The number of rotatable bonds is 7. The summed E-state index contributed by atoms with van der Waals surface area (Å²) in [6.45, 7) is 0.430. The Labute approximate surface area is 174 Å². The van der Waals surface area contributed by atoms with Crippen LogP contribution in [0.4, 0.5) is 5.88 Å². The van der Waals surface area contributed by atoms with Crippen molar-refractivity contribution in [3.05, 3.63) is 90.3 Å². The summed E-state index contributed by atoms with van der Waals surface area (Å²) in [5.74, 6) is 0.194. The Hall–Kier alpha value is -3.77. The first-order chi connectivity index (χ1) is 14.7. The smallest absolute Gasteiger partial charge is 0.239 e. The molecule has 0 saturated carbocycles. The molecule has 0 saturated heterocycles. The maximum absolute atomic E-state index is 12.6. The number of carbonyl (C=O) groups excluding carboxylic acids is 1. The number of hydrogen-bond acceptors (Lipinski definition) is 5. The highest BCUT2D eigenvalue weighted by molar-refractivity contribution is 5.97. The Morgan fingerprint density at radius 2 is 1.70 bits per heavy atom. The average molecular weight is 398 g/mol. The van der Waals surface area contributed by atoms with Crippen molar-refractivity contribution in [2.24, 2.45) is 5.73 Å². The molecule has 0 atom stereocenters. The standard InChI is InChI=1S/C24H22N4O2/c25-16-18-7-4-8-20(15-18)23-22(19-11-13-26-14-12-19)24(30-28-23)27-21(29)10-9-17-5-2-1-3-6-17/h1-8,11-15H,9-10,16,25H2,(H,27,29). The number of nitrogens with zero attached hydrogens (tertiary/aromatic N) is 2. The molecule has 0 unspecified atom stereocenters. The van der Waals surface area contributed by atoms with Crippen molar-refractivity contribution in [1.29, 1.82) is 0 Å². The molecule has 1 amide bonds. The molecule has 0 aliphatic rings. The molecule has 4 aromatic rings. The van der Waals surface area contributed by atoms with Gasteiger partial charge < -0.3 is 10.3 Å². The molecule has 3 N–H and O–H groups in total. The fourth-order valence-corrected chi connectivity index (χ4v) is 3.30. The molecule has 0 aliphatic carbocycles. The van der Waals surface area contributed by atoms with Crippen LogP contribution in [0.1, 0.15) is 17.5 Å². The van der Waals surface area contributed by atoms with Crippen LogP contribution >= 0.6 is 0 Å². The number of nitrogens with two attached hydrogens (primary N) is 1. The maximum atomic E-state index is 12.6. The van der Waals surface area contributed by atoms with Crippen molar-refractivity contribution in [1.82, 2.24) is 10.1 Å². The summed E-state index contributed by atoms with van der Waals surface area (Å²) in [7, 11) is 0. The molecular formula is C24H22N4O2. The van der Waals surface area contributed by atoms with Gasteiger partial charge in [0.25, 0.3) is 0 Å². The van der Waals surface area contributed by atoms with Crippen molar-refractivity contribution >= 4 is 11.8 Å². The summed E-state index contributed by atoms with van der Waals surface area (Å²) in [4.78, 5) is 16.7. The molecular weight excluding hydrogens is 376 g/mol. The zero-order valence-electron chi connectivity index (χ0n) is 16.4. The first-order valence-corrected chi connectivity index (χ1v) is 9.78. The number of aromatic nitrogens is 2. The predicted molar refractivity (Wildman–Crippen MR) is 116 cm³/mol. The summed E-state index contributed by atoms with van der Waals surface area (Å²) >= 11 is 0. The van der Waals surface area contributed by atoms with Gasteiger partial charge in [0.15, 0.2) is 0 Å². The van der Waals surface area contributed by atoms with Crippen LogP contribution < -0.4 is 11.1 Å². The van der Waals surface area contributed by atoms with Crippen LogP contribution in [0.5, 0.6) is 0 Å². The van der Waals surface area contributed by atoms with Gasteiger partial charge >= 0.3 is 0 Å². The lowest BCUT2D eigenvalue weighted by molar-refractivity contribution is -0.116. The molecule has 0 radical (unpaired) electrons. The van der Waals surface area contributed by atoms with Crippen molar-refractivity contribution < 1.29 is 9.32 Å². The number of aryl methyl sites for hydroxylation is 1. The van der Waals surface area contributed by atoms with Gasteiger partial charge in [-0.2, -0.15) is 0 Å². The second-order valence-corrected chi connectivity index (χ2v) is 6.91. The van der Waals surface area contributed by atoms with E-state index in [4.69, 9.17) is 10.3 Å². The highest BCUT2D eigenvalue weighted by Crippen LogP contribution is 2.37. The second kappa shape index (κ2) is 9.15. The highest BCUT2D eigenvalue weighted by atomic mass is 16.5. The fraction of sp³-hybridized carbons (Fsp3) is 0.125. The molecule has 150 valence electrons. The molecule has 2 heterocycles. The minimum Gasteiger partial charge on any atom is -0.337 e. The molecule has 2 aromatic heterocycles. The van der Waals surface area contributed by atoms with Gasteiger partial charge in [-0.25, -0.2) is 0 Å². The number of hydrogen-bond donors (Lipinski definition) is 2. The van der Waals surface area contributed by atoms with Gasteiger partial charge in [0.2, 0.25) is 11.8 Å². The predicted octanol–water partition coefficient (Wildman–Crippen LogP) is 4.43. The van der Waals surface area contributed by atoms with E-state index in [0.717, 1.165) is 27.8 Å². The zero-order valence-corrected chi connectivity index (χ0v) is 16.4.